The third-order valence-electron chi connectivity index (χ3n) is 2.53. The first-order valence-electron chi connectivity index (χ1n) is 5.96. The molecular formula is C12H14N4O4. The Bertz CT molecular complexity index is 576. The summed E-state index contributed by atoms with van der Waals surface area (Å²) in [6.07, 6.45) is 3.92. The van der Waals surface area contributed by atoms with Gasteiger partial charge in [0.15, 0.2) is 0 Å². The van der Waals surface area contributed by atoms with Crippen molar-refractivity contribution < 1.29 is 19.1 Å². The third kappa shape index (κ3) is 3.87. The van der Waals surface area contributed by atoms with E-state index in [4.69, 9.17) is 9.52 Å². The smallest absolute Gasteiger partial charge is 0.371 e. The monoisotopic (exact) mass is 278 g/mol. The first-order chi connectivity index (χ1) is 9.65. The summed E-state index contributed by atoms with van der Waals surface area (Å²) in [7, 11) is 0. The molecule has 8 nitrogen and oxygen atoms in total. The van der Waals surface area contributed by atoms with Gasteiger partial charge in [0.2, 0.25) is 5.76 Å². The average Bonchev–Trinajstić information content (AvgIpc) is 3.07. The van der Waals surface area contributed by atoms with E-state index in [-0.39, 0.29) is 18.3 Å². The van der Waals surface area contributed by atoms with Gasteiger partial charge in [0.1, 0.15) is 5.76 Å². The van der Waals surface area contributed by atoms with Crippen molar-refractivity contribution in [1.82, 2.24) is 20.6 Å². The van der Waals surface area contributed by atoms with Gasteiger partial charge in [-0.15, -0.1) is 0 Å². The van der Waals surface area contributed by atoms with Gasteiger partial charge in [0.05, 0.1) is 12.9 Å². The Morgan fingerprint density at radius 3 is 2.85 bits per heavy atom. The topological polar surface area (TPSA) is 120 Å². The highest BCUT2D eigenvalue weighted by Crippen LogP contribution is 2.07. The number of urea groups is 1. The lowest BCUT2D eigenvalue weighted by Gasteiger charge is -2.05. The number of amides is 2. The Morgan fingerprint density at radius 1 is 1.35 bits per heavy atom. The van der Waals surface area contributed by atoms with E-state index in [0.29, 0.717) is 18.7 Å². The second-order valence-electron chi connectivity index (χ2n) is 4.01. The quantitative estimate of drug-likeness (QED) is 0.621. The van der Waals surface area contributed by atoms with Gasteiger partial charge in [0.25, 0.3) is 0 Å². The number of imidazole rings is 1. The van der Waals surface area contributed by atoms with Crippen LogP contribution in [0.3, 0.4) is 0 Å². The van der Waals surface area contributed by atoms with Crippen LogP contribution in [0.1, 0.15) is 22.0 Å². The van der Waals surface area contributed by atoms with E-state index in [1.165, 1.54) is 12.1 Å². The fourth-order valence-corrected chi connectivity index (χ4v) is 1.55. The number of aromatic carboxylic acids is 1. The highest BCUT2D eigenvalue weighted by molar-refractivity contribution is 5.84. The van der Waals surface area contributed by atoms with Gasteiger partial charge in [-0.25, -0.2) is 14.6 Å². The molecule has 0 unspecified atom stereocenters. The van der Waals surface area contributed by atoms with Crippen molar-refractivity contribution in [2.75, 3.05) is 6.54 Å². The van der Waals surface area contributed by atoms with Gasteiger partial charge >= 0.3 is 12.0 Å². The van der Waals surface area contributed by atoms with E-state index in [0.717, 1.165) is 5.69 Å². The molecule has 0 saturated heterocycles. The zero-order valence-electron chi connectivity index (χ0n) is 10.5. The van der Waals surface area contributed by atoms with Crippen LogP contribution < -0.4 is 10.6 Å². The minimum absolute atomic E-state index is 0.128. The number of carbonyl (C=O) groups is 2. The number of hydrogen-bond acceptors (Lipinski definition) is 4. The number of nitrogens with zero attached hydrogens (tertiary/aromatic N) is 1. The minimum Gasteiger partial charge on any atom is -0.475 e. The largest absolute Gasteiger partial charge is 0.475 e. The van der Waals surface area contributed by atoms with Crippen LogP contribution in [0.4, 0.5) is 4.79 Å². The summed E-state index contributed by atoms with van der Waals surface area (Å²) >= 11 is 0. The lowest BCUT2D eigenvalue weighted by molar-refractivity contribution is 0.0660. The minimum atomic E-state index is -1.14. The predicted molar refractivity (Wildman–Crippen MR) is 68.2 cm³/mol. The van der Waals surface area contributed by atoms with Crippen LogP contribution in [0.25, 0.3) is 0 Å². The molecule has 4 N–H and O–H groups in total. The Labute approximate surface area is 114 Å². The maximum atomic E-state index is 11.5. The molecule has 20 heavy (non-hydrogen) atoms. The van der Waals surface area contributed by atoms with Gasteiger partial charge in [-0.1, -0.05) is 0 Å². The molecule has 0 atom stereocenters. The lowest BCUT2D eigenvalue weighted by Crippen LogP contribution is -2.36. The molecule has 0 aromatic carbocycles. The molecule has 106 valence electrons. The molecule has 2 rings (SSSR count). The van der Waals surface area contributed by atoms with Crippen LogP contribution in [0.2, 0.25) is 0 Å². The van der Waals surface area contributed by atoms with E-state index in [1.807, 2.05) is 0 Å². The fourth-order valence-electron chi connectivity index (χ4n) is 1.55. The van der Waals surface area contributed by atoms with Crippen molar-refractivity contribution in [3.63, 3.8) is 0 Å². The Hall–Kier alpha value is -2.77. The van der Waals surface area contributed by atoms with Gasteiger partial charge in [-0.05, 0) is 12.1 Å². The summed E-state index contributed by atoms with van der Waals surface area (Å²) in [5.74, 6) is -0.909. The van der Waals surface area contributed by atoms with Gasteiger partial charge < -0.3 is 25.1 Å². The van der Waals surface area contributed by atoms with Crippen molar-refractivity contribution in [2.45, 2.75) is 13.0 Å². The molecule has 0 radical (unpaired) electrons. The summed E-state index contributed by atoms with van der Waals surface area (Å²) < 4.78 is 5.00. The van der Waals surface area contributed by atoms with Crippen molar-refractivity contribution in [3.05, 3.63) is 41.9 Å². The summed E-state index contributed by atoms with van der Waals surface area (Å²) in [6, 6.07) is 2.50. The molecule has 2 aromatic rings. The van der Waals surface area contributed by atoms with Crippen molar-refractivity contribution in [3.8, 4) is 0 Å². The van der Waals surface area contributed by atoms with Crippen LogP contribution in [0.5, 0.6) is 0 Å². The Kier molecular flexibility index (Phi) is 4.38. The molecule has 2 amide bonds. The Balaban J connectivity index is 1.67. The molecule has 2 heterocycles. The average molecular weight is 278 g/mol. The molecule has 8 heteroatoms. The summed E-state index contributed by atoms with van der Waals surface area (Å²) in [6.45, 7) is 0.593. The van der Waals surface area contributed by atoms with Crippen molar-refractivity contribution >= 4 is 12.0 Å². The zero-order valence-corrected chi connectivity index (χ0v) is 10.5. The van der Waals surface area contributed by atoms with Crippen LogP contribution in [-0.2, 0) is 13.0 Å². The number of carboxylic acid groups (broad SMARTS) is 1. The van der Waals surface area contributed by atoms with E-state index in [9.17, 15) is 9.59 Å². The van der Waals surface area contributed by atoms with Crippen molar-refractivity contribution in [2.24, 2.45) is 0 Å². The van der Waals surface area contributed by atoms with Crippen LogP contribution in [0.15, 0.2) is 29.1 Å². The third-order valence-corrected chi connectivity index (χ3v) is 2.53. The van der Waals surface area contributed by atoms with Gasteiger partial charge in [0, 0.05) is 24.9 Å². The number of furan rings is 1. The highest BCUT2D eigenvalue weighted by Gasteiger charge is 2.09. The molecule has 0 spiro atoms. The second kappa shape index (κ2) is 6.41. The van der Waals surface area contributed by atoms with Crippen LogP contribution in [-0.4, -0.2) is 33.6 Å². The van der Waals surface area contributed by atoms with Gasteiger partial charge in [-0.2, -0.15) is 0 Å². The molecule has 0 bridgehead atoms. The van der Waals surface area contributed by atoms with Gasteiger partial charge in [-0.3, -0.25) is 0 Å². The Morgan fingerprint density at radius 2 is 2.20 bits per heavy atom. The number of H-pyrrole nitrogens is 1. The number of carbonyl (C=O) groups excluding carboxylic acids is 1. The maximum Gasteiger partial charge on any atom is 0.371 e. The maximum absolute atomic E-state index is 11.5. The van der Waals surface area contributed by atoms with E-state index in [2.05, 4.69) is 20.6 Å². The lowest BCUT2D eigenvalue weighted by atomic mass is 10.3. The summed E-state index contributed by atoms with van der Waals surface area (Å²) in [4.78, 5) is 28.9. The van der Waals surface area contributed by atoms with Crippen molar-refractivity contribution in [1.29, 1.82) is 0 Å². The molecule has 0 aliphatic carbocycles. The molecular weight excluding hydrogens is 264 g/mol. The predicted octanol–water partition coefficient (Wildman–Crippen LogP) is 0.743. The molecule has 0 aliphatic heterocycles. The fraction of sp³-hybridized carbons (Fsp3) is 0.250. The summed E-state index contributed by atoms with van der Waals surface area (Å²) in [5, 5.41) is 13.9. The van der Waals surface area contributed by atoms with E-state index < -0.39 is 5.97 Å². The summed E-state index contributed by atoms with van der Waals surface area (Å²) in [5.41, 5.74) is 0.933. The van der Waals surface area contributed by atoms with E-state index in [1.54, 1.807) is 12.5 Å². The standard InChI is InChI=1S/C12H14N4O4/c17-11(18)10-2-1-9(20-10)6-15-12(19)14-4-3-8-5-13-7-16-8/h1-2,5,7H,3-4,6H2,(H,13,16)(H,17,18)(H2,14,15,19). The number of hydrogen-bond donors (Lipinski definition) is 4. The first-order valence-corrected chi connectivity index (χ1v) is 5.96. The molecule has 2 aromatic heterocycles. The molecule has 0 fully saturated rings. The number of aromatic nitrogens is 2. The second-order valence-corrected chi connectivity index (χ2v) is 4.01. The SMILES string of the molecule is O=C(NCCc1cnc[nH]1)NCc1ccc(C(=O)O)o1. The number of aromatic amines is 1. The number of carboxylic acids is 1. The first kappa shape index (κ1) is 13.7. The highest BCUT2D eigenvalue weighted by atomic mass is 16.4. The molecule has 0 saturated carbocycles. The van der Waals surface area contributed by atoms with Crippen LogP contribution in [0, 0.1) is 0 Å². The normalized spacial score (nSPS) is 10.2. The zero-order chi connectivity index (χ0) is 14.4. The number of rotatable bonds is 6. The molecule has 0 aliphatic rings. The van der Waals surface area contributed by atoms with E-state index >= 15 is 0 Å². The van der Waals surface area contributed by atoms with Crippen LogP contribution >= 0.6 is 0 Å². The number of nitrogens with one attached hydrogen (secondary N) is 3.